The number of hydrogen-bond donors (Lipinski definition) is 2. The van der Waals surface area contributed by atoms with Crippen molar-refractivity contribution < 1.29 is 18.7 Å². The van der Waals surface area contributed by atoms with E-state index in [1.54, 1.807) is 18.2 Å². The zero-order valence-corrected chi connectivity index (χ0v) is 9.23. The van der Waals surface area contributed by atoms with E-state index >= 15 is 0 Å². The van der Waals surface area contributed by atoms with Crippen LogP contribution in [-0.4, -0.2) is 29.0 Å². The van der Waals surface area contributed by atoms with Gasteiger partial charge in [0.15, 0.2) is 0 Å². The van der Waals surface area contributed by atoms with Crippen molar-refractivity contribution in [3.05, 3.63) is 35.9 Å². The van der Waals surface area contributed by atoms with Crippen molar-refractivity contribution in [3.63, 3.8) is 0 Å². The van der Waals surface area contributed by atoms with Gasteiger partial charge in [0.2, 0.25) is 0 Å². The number of benzene rings is 1. The summed E-state index contributed by atoms with van der Waals surface area (Å²) in [4.78, 5) is 15.1. The van der Waals surface area contributed by atoms with E-state index in [2.05, 4.69) is 10.3 Å². The summed E-state index contributed by atoms with van der Waals surface area (Å²) in [6, 6.07) is 7.71. The average molecular weight is 252 g/mol. The third-order valence-corrected chi connectivity index (χ3v) is 2.40. The first kappa shape index (κ1) is 12.2. The van der Waals surface area contributed by atoms with Gasteiger partial charge in [0, 0.05) is 5.39 Å². The highest BCUT2D eigenvalue weighted by atomic mass is 19.3. The predicted molar refractivity (Wildman–Crippen MR) is 63.2 cm³/mol. The van der Waals surface area contributed by atoms with Gasteiger partial charge < -0.3 is 10.4 Å². The number of nitrogens with one attached hydrogen (secondary N) is 1. The number of anilines is 1. The molecule has 1 aromatic carbocycles. The van der Waals surface area contributed by atoms with Crippen LogP contribution in [-0.2, 0) is 0 Å². The first-order valence-corrected chi connectivity index (χ1v) is 5.23. The van der Waals surface area contributed by atoms with Crippen molar-refractivity contribution in [3.8, 4) is 0 Å². The van der Waals surface area contributed by atoms with E-state index in [-0.39, 0.29) is 5.56 Å². The number of hydrogen-bond acceptors (Lipinski definition) is 3. The molecule has 94 valence electrons. The van der Waals surface area contributed by atoms with E-state index in [4.69, 9.17) is 5.11 Å². The van der Waals surface area contributed by atoms with Crippen LogP contribution < -0.4 is 5.32 Å². The molecule has 0 aliphatic rings. The lowest BCUT2D eigenvalue weighted by atomic mass is 10.1. The quantitative estimate of drug-likeness (QED) is 0.878. The SMILES string of the molecule is O=C(O)c1cccc2nc(NCC(F)F)ccc12. The molecule has 0 amide bonds. The molecule has 0 spiro atoms. The zero-order chi connectivity index (χ0) is 13.1. The summed E-state index contributed by atoms with van der Waals surface area (Å²) in [6.07, 6.45) is -2.46. The number of alkyl halides is 2. The fourth-order valence-corrected chi connectivity index (χ4v) is 1.62. The minimum Gasteiger partial charge on any atom is -0.478 e. The Labute approximate surface area is 101 Å². The molecule has 0 saturated carbocycles. The van der Waals surface area contributed by atoms with Gasteiger partial charge in [0.25, 0.3) is 6.43 Å². The standard InChI is InChI=1S/C12H10F2N2O2/c13-10(14)6-15-11-5-4-7-8(12(17)18)2-1-3-9(7)16-11/h1-5,10H,6H2,(H,15,16)(H,17,18). The summed E-state index contributed by atoms with van der Waals surface area (Å²) in [6.45, 7) is -0.489. The maximum absolute atomic E-state index is 12.0. The van der Waals surface area contributed by atoms with Crippen molar-refractivity contribution in [2.45, 2.75) is 6.43 Å². The number of rotatable bonds is 4. The Morgan fingerprint density at radius 1 is 1.33 bits per heavy atom. The molecular weight excluding hydrogens is 242 g/mol. The van der Waals surface area contributed by atoms with Gasteiger partial charge in [-0.05, 0) is 24.3 Å². The normalized spacial score (nSPS) is 10.8. The molecule has 0 radical (unpaired) electrons. The van der Waals surface area contributed by atoms with Crippen molar-refractivity contribution in [1.29, 1.82) is 0 Å². The maximum Gasteiger partial charge on any atom is 0.336 e. The van der Waals surface area contributed by atoms with Crippen LogP contribution in [0.4, 0.5) is 14.6 Å². The molecule has 2 aromatic rings. The second-order valence-corrected chi connectivity index (χ2v) is 3.65. The van der Waals surface area contributed by atoms with E-state index in [1.807, 2.05) is 0 Å². The summed E-state index contributed by atoms with van der Waals surface area (Å²) in [5, 5.41) is 11.9. The minimum absolute atomic E-state index is 0.139. The molecule has 4 nitrogen and oxygen atoms in total. The van der Waals surface area contributed by atoms with E-state index in [1.165, 1.54) is 12.1 Å². The monoisotopic (exact) mass is 252 g/mol. The molecule has 2 rings (SSSR count). The number of carbonyl (C=O) groups is 1. The molecule has 0 aliphatic carbocycles. The lowest BCUT2D eigenvalue weighted by Gasteiger charge is -2.07. The second-order valence-electron chi connectivity index (χ2n) is 3.65. The van der Waals surface area contributed by atoms with Gasteiger partial charge >= 0.3 is 5.97 Å². The number of aromatic nitrogens is 1. The summed E-state index contributed by atoms with van der Waals surface area (Å²) >= 11 is 0. The van der Waals surface area contributed by atoms with Crippen LogP contribution in [0, 0.1) is 0 Å². The molecule has 0 unspecified atom stereocenters. The van der Waals surface area contributed by atoms with E-state index in [9.17, 15) is 13.6 Å². The van der Waals surface area contributed by atoms with Crippen LogP contribution in [0.25, 0.3) is 10.9 Å². The molecule has 2 N–H and O–H groups in total. The van der Waals surface area contributed by atoms with Crippen LogP contribution in [0.3, 0.4) is 0 Å². The lowest BCUT2D eigenvalue weighted by molar-refractivity contribution is 0.0699. The van der Waals surface area contributed by atoms with Crippen molar-refractivity contribution >= 4 is 22.7 Å². The predicted octanol–water partition coefficient (Wildman–Crippen LogP) is 2.61. The highest BCUT2D eigenvalue weighted by Crippen LogP contribution is 2.19. The maximum atomic E-state index is 12.0. The number of fused-ring (bicyclic) bond motifs is 1. The Morgan fingerprint density at radius 2 is 2.11 bits per heavy atom. The molecule has 1 aromatic heterocycles. The Morgan fingerprint density at radius 3 is 2.78 bits per heavy atom. The fraction of sp³-hybridized carbons (Fsp3) is 0.167. The number of pyridine rings is 1. The van der Waals surface area contributed by atoms with Crippen LogP contribution in [0.2, 0.25) is 0 Å². The molecule has 1 heterocycles. The summed E-state index contributed by atoms with van der Waals surface area (Å²) in [7, 11) is 0. The third-order valence-electron chi connectivity index (χ3n) is 2.40. The van der Waals surface area contributed by atoms with Gasteiger partial charge in [-0.2, -0.15) is 0 Å². The summed E-state index contributed by atoms with van der Waals surface area (Å²) in [5.41, 5.74) is 0.592. The van der Waals surface area contributed by atoms with Crippen molar-refractivity contribution in [2.24, 2.45) is 0 Å². The van der Waals surface area contributed by atoms with Gasteiger partial charge in [0.05, 0.1) is 17.6 Å². The van der Waals surface area contributed by atoms with Crippen LogP contribution in [0.1, 0.15) is 10.4 Å². The Balaban J connectivity index is 2.38. The number of carboxylic acid groups (broad SMARTS) is 1. The highest BCUT2D eigenvalue weighted by Gasteiger charge is 2.09. The second kappa shape index (κ2) is 4.95. The third kappa shape index (κ3) is 2.53. The Kier molecular flexibility index (Phi) is 3.36. The van der Waals surface area contributed by atoms with Crippen LogP contribution in [0.5, 0.6) is 0 Å². The number of halogens is 2. The average Bonchev–Trinajstić information content (AvgIpc) is 2.35. The Bertz CT molecular complexity index is 587. The molecule has 0 atom stereocenters. The van der Waals surface area contributed by atoms with Crippen molar-refractivity contribution in [1.82, 2.24) is 4.98 Å². The molecule has 0 bridgehead atoms. The van der Waals surface area contributed by atoms with Crippen LogP contribution >= 0.6 is 0 Å². The van der Waals surface area contributed by atoms with E-state index in [0.717, 1.165) is 0 Å². The fourth-order valence-electron chi connectivity index (χ4n) is 1.62. The van der Waals surface area contributed by atoms with Gasteiger partial charge in [0.1, 0.15) is 5.82 Å². The first-order valence-electron chi connectivity index (χ1n) is 5.23. The molecule has 0 aliphatic heterocycles. The first-order chi connectivity index (χ1) is 8.58. The summed E-state index contributed by atoms with van der Waals surface area (Å²) in [5.74, 6) is -0.749. The van der Waals surface area contributed by atoms with Gasteiger partial charge in [-0.1, -0.05) is 6.07 Å². The smallest absolute Gasteiger partial charge is 0.336 e. The largest absolute Gasteiger partial charge is 0.478 e. The van der Waals surface area contributed by atoms with Crippen LogP contribution in [0.15, 0.2) is 30.3 Å². The zero-order valence-electron chi connectivity index (χ0n) is 9.23. The van der Waals surface area contributed by atoms with E-state index in [0.29, 0.717) is 16.7 Å². The molecule has 0 saturated heterocycles. The lowest BCUT2D eigenvalue weighted by Crippen LogP contribution is -2.11. The van der Waals surface area contributed by atoms with Gasteiger partial charge in [-0.3, -0.25) is 0 Å². The molecule has 18 heavy (non-hydrogen) atoms. The molecule has 0 fully saturated rings. The number of aromatic carboxylic acids is 1. The van der Waals surface area contributed by atoms with Gasteiger partial charge in [-0.25, -0.2) is 18.6 Å². The van der Waals surface area contributed by atoms with Crippen molar-refractivity contribution in [2.75, 3.05) is 11.9 Å². The highest BCUT2D eigenvalue weighted by molar-refractivity contribution is 6.02. The topological polar surface area (TPSA) is 62.2 Å². The minimum atomic E-state index is -2.46. The molecule has 6 heteroatoms. The summed E-state index contributed by atoms with van der Waals surface area (Å²) < 4.78 is 24.1. The number of carboxylic acids is 1. The van der Waals surface area contributed by atoms with Gasteiger partial charge in [-0.15, -0.1) is 0 Å². The van der Waals surface area contributed by atoms with E-state index < -0.39 is 18.9 Å². The molecular formula is C12H10F2N2O2. The number of nitrogens with zero attached hydrogens (tertiary/aromatic N) is 1. The Hall–Kier alpha value is -2.24.